The van der Waals surface area contributed by atoms with Crippen molar-refractivity contribution in [1.29, 1.82) is 0 Å². The summed E-state index contributed by atoms with van der Waals surface area (Å²) < 4.78 is 5.73. The second-order valence-corrected chi connectivity index (χ2v) is 5.46. The van der Waals surface area contributed by atoms with Crippen LogP contribution in [0.4, 0.5) is 5.69 Å². The number of carbonyl (C=O) groups is 1. The summed E-state index contributed by atoms with van der Waals surface area (Å²) in [5, 5.41) is 9.10. The molecular formula is C18H17NO3. The summed E-state index contributed by atoms with van der Waals surface area (Å²) in [6, 6.07) is 13.9. The van der Waals surface area contributed by atoms with Crippen LogP contribution in [-0.2, 0) is 11.2 Å². The van der Waals surface area contributed by atoms with Gasteiger partial charge in [-0.3, -0.25) is 4.79 Å². The fourth-order valence-corrected chi connectivity index (χ4v) is 2.58. The zero-order valence-corrected chi connectivity index (χ0v) is 12.5. The van der Waals surface area contributed by atoms with E-state index in [4.69, 9.17) is 9.52 Å². The van der Waals surface area contributed by atoms with Crippen molar-refractivity contribution in [2.24, 2.45) is 0 Å². The van der Waals surface area contributed by atoms with E-state index in [-0.39, 0.29) is 6.42 Å². The number of hydrogen-bond acceptors (Lipinski definition) is 3. The first kappa shape index (κ1) is 14.2. The highest BCUT2D eigenvalue weighted by Crippen LogP contribution is 2.41. The molecule has 0 bridgehead atoms. The van der Waals surface area contributed by atoms with Crippen LogP contribution in [0.2, 0.25) is 0 Å². The predicted octanol–water partition coefficient (Wildman–Crippen LogP) is 3.74. The molecule has 0 saturated carbocycles. The van der Waals surface area contributed by atoms with E-state index < -0.39 is 5.97 Å². The first-order valence-corrected chi connectivity index (χ1v) is 7.05. The highest BCUT2D eigenvalue weighted by atomic mass is 16.4. The molecule has 0 amide bonds. The fraction of sp³-hybridized carbons (Fsp3) is 0.167. The minimum atomic E-state index is -0.863. The molecule has 1 heterocycles. The van der Waals surface area contributed by atoms with Crippen LogP contribution < -0.4 is 4.90 Å². The third kappa shape index (κ3) is 2.55. The van der Waals surface area contributed by atoms with Crippen molar-refractivity contribution in [3.8, 4) is 22.5 Å². The van der Waals surface area contributed by atoms with Crippen LogP contribution in [0.3, 0.4) is 0 Å². The summed E-state index contributed by atoms with van der Waals surface area (Å²) in [6.07, 6.45) is 1.61. The van der Waals surface area contributed by atoms with Crippen LogP contribution in [0, 0.1) is 0 Å². The van der Waals surface area contributed by atoms with Gasteiger partial charge in [0.05, 0.1) is 12.1 Å². The Morgan fingerprint density at radius 1 is 1.14 bits per heavy atom. The summed E-state index contributed by atoms with van der Waals surface area (Å²) in [5.41, 5.74) is 4.63. The first-order chi connectivity index (χ1) is 10.6. The zero-order valence-electron chi connectivity index (χ0n) is 12.5. The Morgan fingerprint density at radius 3 is 2.50 bits per heavy atom. The molecular weight excluding hydrogens is 278 g/mol. The number of carboxylic acid groups (broad SMARTS) is 1. The quantitative estimate of drug-likeness (QED) is 0.796. The molecule has 4 nitrogen and oxygen atoms in total. The van der Waals surface area contributed by atoms with Crippen LogP contribution in [-0.4, -0.2) is 25.2 Å². The van der Waals surface area contributed by atoms with Gasteiger partial charge in [0.2, 0.25) is 0 Å². The van der Waals surface area contributed by atoms with Crippen LogP contribution in [0.5, 0.6) is 0 Å². The zero-order chi connectivity index (χ0) is 15.7. The molecule has 2 aliphatic rings. The molecule has 112 valence electrons. The van der Waals surface area contributed by atoms with Crippen LogP contribution >= 0.6 is 0 Å². The maximum atomic E-state index is 11.1. The molecule has 0 unspecified atom stereocenters. The van der Waals surface area contributed by atoms with Crippen molar-refractivity contribution in [1.82, 2.24) is 0 Å². The van der Waals surface area contributed by atoms with Crippen molar-refractivity contribution in [3.05, 3.63) is 54.3 Å². The highest BCUT2D eigenvalue weighted by Gasteiger charge is 2.21. The number of fused-ring (bicyclic) bond motifs is 1. The number of aliphatic carboxylic acids is 1. The van der Waals surface area contributed by atoms with E-state index in [0.29, 0.717) is 11.3 Å². The lowest BCUT2D eigenvalue weighted by Gasteiger charge is -2.14. The summed E-state index contributed by atoms with van der Waals surface area (Å²) in [6.45, 7) is 0. The smallest absolute Gasteiger partial charge is 0.307 e. The summed E-state index contributed by atoms with van der Waals surface area (Å²) in [4.78, 5) is 13.0. The molecule has 1 aliphatic carbocycles. The molecule has 0 saturated heterocycles. The summed E-state index contributed by atoms with van der Waals surface area (Å²) >= 11 is 0. The third-order valence-corrected chi connectivity index (χ3v) is 3.68. The van der Waals surface area contributed by atoms with E-state index in [1.807, 2.05) is 61.5 Å². The van der Waals surface area contributed by atoms with Crippen molar-refractivity contribution in [3.63, 3.8) is 0 Å². The minimum Gasteiger partial charge on any atom is -0.481 e. The number of anilines is 1. The van der Waals surface area contributed by atoms with Gasteiger partial charge in [0.1, 0.15) is 12.0 Å². The lowest BCUT2D eigenvalue weighted by atomic mass is 10.0. The molecule has 1 aliphatic heterocycles. The Morgan fingerprint density at radius 2 is 1.86 bits per heavy atom. The highest BCUT2D eigenvalue weighted by molar-refractivity contribution is 5.90. The van der Waals surface area contributed by atoms with E-state index in [2.05, 4.69) is 0 Å². The maximum Gasteiger partial charge on any atom is 0.307 e. The number of nitrogens with zero attached hydrogens (tertiary/aromatic N) is 1. The molecule has 0 aromatic heterocycles. The van der Waals surface area contributed by atoms with Crippen LogP contribution in [0.1, 0.15) is 5.56 Å². The van der Waals surface area contributed by atoms with E-state index in [1.54, 1.807) is 6.26 Å². The van der Waals surface area contributed by atoms with Gasteiger partial charge in [0.15, 0.2) is 0 Å². The van der Waals surface area contributed by atoms with Gasteiger partial charge in [0, 0.05) is 25.2 Å². The second kappa shape index (κ2) is 5.56. The van der Waals surface area contributed by atoms with Crippen LogP contribution in [0.25, 0.3) is 22.5 Å². The molecule has 1 N–H and O–H groups in total. The van der Waals surface area contributed by atoms with Gasteiger partial charge in [-0.1, -0.05) is 30.3 Å². The molecule has 22 heavy (non-hydrogen) atoms. The first-order valence-electron chi connectivity index (χ1n) is 7.05. The average molecular weight is 295 g/mol. The van der Waals surface area contributed by atoms with Gasteiger partial charge >= 0.3 is 5.97 Å². The van der Waals surface area contributed by atoms with E-state index in [9.17, 15) is 4.79 Å². The van der Waals surface area contributed by atoms with E-state index >= 15 is 0 Å². The molecule has 0 fully saturated rings. The lowest BCUT2D eigenvalue weighted by molar-refractivity contribution is -0.136. The summed E-state index contributed by atoms with van der Waals surface area (Å²) in [7, 11) is 3.89. The van der Waals surface area contributed by atoms with Crippen molar-refractivity contribution >= 4 is 11.7 Å². The lowest BCUT2D eigenvalue weighted by Crippen LogP contribution is -2.08. The molecule has 1 aromatic carbocycles. The molecule has 1 aromatic rings. The second-order valence-electron chi connectivity index (χ2n) is 5.46. The van der Waals surface area contributed by atoms with Gasteiger partial charge in [-0.15, -0.1) is 0 Å². The van der Waals surface area contributed by atoms with Gasteiger partial charge < -0.3 is 14.4 Å². The summed E-state index contributed by atoms with van der Waals surface area (Å²) in [5.74, 6) is -0.217. The van der Waals surface area contributed by atoms with Crippen molar-refractivity contribution in [2.75, 3.05) is 19.0 Å². The van der Waals surface area contributed by atoms with Crippen LogP contribution in [0.15, 0.2) is 53.1 Å². The van der Waals surface area contributed by atoms with Gasteiger partial charge in [-0.05, 0) is 23.3 Å². The molecule has 0 spiro atoms. The third-order valence-electron chi connectivity index (χ3n) is 3.68. The van der Waals surface area contributed by atoms with Gasteiger partial charge in [0.25, 0.3) is 0 Å². The number of carboxylic acids is 1. The molecule has 4 heteroatoms. The van der Waals surface area contributed by atoms with E-state index in [1.165, 1.54) is 0 Å². The topological polar surface area (TPSA) is 53.7 Å². The average Bonchev–Trinajstić information content (AvgIpc) is 2.85. The fourth-order valence-electron chi connectivity index (χ4n) is 2.58. The van der Waals surface area contributed by atoms with Crippen molar-refractivity contribution < 1.29 is 14.3 Å². The molecule has 3 rings (SSSR count). The Kier molecular flexibility index (Phi) is 3.59. The van der Waals surface area contributed by atoms with E-state index in [0.717, 1.165) is 22.4 Å². The minimum absolute atomic E-state index is 0.0475. The monoisotopic (exact) mass is 295 g/mol. The number of benzene rings is 1. The van der Waals surface area contributed by atoms with Gasteiger partial charge in [-0.2, -0.15) is 0 Å². The Labute approximate surface area is 128 Å². The Bertz CT molecular complexity index is 774. The van der Waals surface area contributed by atoms with Crippen molar-refractivity contribution in [2.45, 2.75) is 6.42 Å². The van der Waals surface area contributed by atoms with Gasteiger partial charge in [-0.25, -0.2) is 0 Å². The normalized spacial score (nSPS) is 10.8. The maximum absolute atomic E-state index is 11.1. The Hall–Kier alpha value is -2.75. The number of hydrogen-bond donors (Lipinski definition) is 1. The largest absolute Gasteiger partial charge is 0.481 e. The number of rotatable bonds is 4. The molecule has 0 atom stereocenters. The Balaban J connectivity index is 2.21. The standard InChI is InChI=1S/C18H17NO3/c1-19(2)14-10-16-15(12-6-4-3-5-7-12)8-13(9-17(20)21)18(16)22-11-14/h3-8,10-11H,9H2,1-2H3,(H,20,21). The predicted molar refractivity (Wildman–Crippen MR) is 86.4 cm³/mol. The molecule has 0 radical (unpaired) electrons. The SMILES string of the molecule is CN(C)c1coc2c(CC(=O)O)cc(-c3ccccc3)c-2c1.